The van der Waals surface area contributed by atoms with Crippen LogP contribution < -0.4 is 5.32 Å². The third kappa shape index (κ3) is 2.52. The molecule has 2 fully saturated rings. The summed E-state index contributed by atoms with van der Waals surface area (Å²) in [5.41, 5.74) is -0.574. The Balaban J connectivity index is 1.67. The summed E-state index contributed by atoms with van der Waals surface area (Å²) in [6, 6.07) is 4.38. The van der Waals surface area contributed by atoms with Gasteiger partial charge in [-0.15, -0.1) is 0 Å². The normalized spacial score (nSPS) is 25.1. The Hall–Kier alpha value is -1.72. The summed E-state index contributed by atoms with van der Waals surface area (Å²) >= 11 is 0. The Labute approximate surface area is 108 Å². The van der Waals surface area contributed by atoms with Gasteiger partial charge < -0.3 is 10.2 Å². The Morgan fingerprint density at radius 1 is 1.26 bits per heavy atom. The lowest BCUT2D eigenvalue weighted by molar-refractivity contribution is -0.137. The first-order valence-corrected chi connectivity index (χ1v) is 6.16. The number of piperidine rings is 1. The molecule has 1 aliphatic carbocycles. The standard InChI is InChI=1S/C13H13F3N2O/c14-13(15,16)10-2-1-3-11(5-10)17-12(19)18-6-8-4-9(8)7-18/h1-3,5,8-9H,4,6-7H2,(H,17,19). The highest BCUT2D eigenvalue weighted by molar-refractivity contribution is 5.89. The van der Waals surface area contributed by atoms with Crippen LogP contribution >= 0.6 is 0 Å². The van der Waals surface area contributed by atoms with Gasteiger partial charge in [0.2, 0.25) is 0 Å². The van der Waals surface area contributed by atoms with Crippen molar-refractivity contribution in [1.29, 1.82) is 0 Å². The van der Waals surface area contributed by atoms with Crippen molar-refractivity contribution in [2.75, 3.05) is 18.4 Å². The van der Waals surface area contributed by atoms with Crippen LogP contribution in [0.2, 0.25) is 0 Å². The number of carbonyl (C=O) groups excluding carboxylic acids is 1. The van der Waals surface area contributed by atoms with Crippen molar-refractivity contribution in [3.05, 3.63) is 29.8 Å². The third-order valence-corrected chi connectivity index (χ3v) is 3.71. The number of halogens is 3. The molecule has 19 heavy (non-hydrogen) atoms. The summed E-state index contributed by atoms with van der Waals surface area (Å²) in [5.74, 6) is 1.21. The molecule has 1 saturated carbocycles. The molecule has 1 aromatic rings. The molecule has 1 saturated heterocycles. The first kappa shape index (κ1) is 12.3. The molecule has 3 rings (SSSR count). The number of nitrogens with one attached hydrogen (secondary N) is 1. The smallest absolute Gasteiger partial charge is 0.324 e. The van der Waals surface area contributed by atoms with Gasteiger partial charge in [-0.2, -0.15) is 13.2 Å². The van der Waals surface area contributed by atoms with E-state index in [1.165, 1.54) is 18.6 Å². The molecule has 1 aliphatic heterocycles. The molecular weight excluding hydrogens is 257 g/mol. The van der Waals surface area contributed by atoms with Gasteiger partial charge in [0.25, 0.3) is 0 Å². The van der Waals surface area contributed by atoms with E-state index in [4.69, 9.17) is 0 Å². The SMILES string of the molecule is O=C(Nc1cccc(C(F)(F)F)c1)N1CC2CC2C1. The zero-order chi connectivity index (χ0) is 13.6. The molecule has 0 bridgehead atoms. The van der Waals surface area contributed by atoms with E-state index in [-0.39, 0.29) is 11.7 Å². The molecule has 3 nitrogen and oxygen atoms in total. The largest absolute Gasteiger partial charge is 0.416 e. The molecule has 0 spiro atoms. The average molecular weight is 270 g/mol. The van der Waals surface area contributed by atoms with Gasteiger partial charge in [-0.1, -0.05) is 6.07 Å². The van der Waals surface area contributed by atoms with Gasteiger partial charge >= 0.3 is 12.2 Å². The van der Waals surface area contributed by atoms with E-state index < -0.39 is 11.7 Å². The number of urea groups is 1. The summed E-state index contributed by atoms with van der Waals surface area (Å²) in [6.07, 6.45) is -3.22. The van der Waals surface area contributed by atoms with E-state index in [1.807, 2.05) is 0 Å². The summed E-state index contributed by atoms with van der Waals surface area (Å²) in [5, 5.41) is 2.52. The molecule has 6 heteroatoms. The number of benzene rings is 1. The van der Waals surface area contributed by atoms with Crippen LogP contribution in [0.1, 0.15) is 12.0 Å². The van der Waals surface area contributed by atoms with Crippen LogP contribution in [-0.2, 0) is 6.18 Å². The second-order valence-electron chi connectivity index (χ2n) is 5.17. The fourth-order valence-electron chi connectivity index (χ4n) is 2.54. The number of anilines is 1. The maximum atomic E-state index is 12.5. The molecule has 2 atom stereocenters. The lowest BCUT2D eigenvalue weighted by Gasteiger charge is -2.19. The quantitative estimate of drug-likeness (QED) is 0.835. The van der Waals surface area contributed by atoms with Crippen molar-refractivity contribution < 1.29 is 18.0 Å². The van der Waals surface area contributed by atoms with Crippen LogP contribution in [0.4, 0.5) is 23.7 Å². The zero-order valence-corrected chi connectivity index (χ0v) is 10.1. The maximum absolute atomic E-state index is 12.5. The van der Waals surface area contributed by atoms with Crippen molar-refractivity contribution in [2.45, 2.75) is 12.6 Å². The van der Waals surface area contributed by atoms with Crippen LogP contribution in [-0.4, -0.2) is 24.0 Å². The lowest BCUT2D eigenvalue weighted by Crippen LogP contribution is -2.34. The molecule has 0 aromatic heterocycles. The Morgan fingerprint density at radius 3 is 2.58 bits per heavy atom. The Bertz CT molecular complexity index is 505. The monoisotopic (exact) mass is 270 g/mol. The summed E-state index contributed by atoms with van der Waals surface area (Å²) in [7, 11) is 0. The van der Waals surface area contributed by atoms with Gasteiger partial charge in [0, 0.05) is 18.8 Å². The van der Waals surface area contributed by atoms with Gasteiger partial charge in [0.1, 0.15) is 0 Å². The number of nitrogens with zero attached hydrogens (tertiary/aromatic N) is 1. The van der Waals surface area contributed by atoms with Crippen LogP contribution in [0.5, 0.6) is 0 Å². The fraction of sp³-hybridized carbons (Fsp3) is 0.462. The summed E-state index contributed by atoms with van der Waals surface area (Å²) in [4.78, 5) is 13.5. The van der Waals surface area contributed by atoms with Crippen LogP contribution in [0.15, 0.2) is 24.3 Å². The van der Waals surface area contributed by atoms with E-state index in [2.05, 4.69) is 5.32 Å². The van der Waals surface area contributed by atoms with Crippen molar-refractivity contribution in [1.82, 2.24) is 4.90 Å². The van der Waals surface area contributed by atoms with Crippen molar-refractivity contribution >= 4 is 11.7 Å². The van der Waals surface area contributed by atoms with Gasteiger partial charge in [0.05, 0.1) is 5.56 Å². The van der Waals surface area contributed by atoms with Gasteiger partial charge in [-0.3, -0.25) is 0 Å². The number of hydrogen-bond donors (Lipinski definition) is 1. The van der Waals surface area contributed by atoms with E-state index in [0.717, 1.165) is 25.2 Å². The highest BCUT2D eigenvalue weighted by Gasteiger charge is 2.46. The van der Waals surface area contributed by atoms with Crippen molar-refractivity contribution in [3.8, 4) is 0 Å². The molecule has 2 amide bonds. The molecular formula is C13H13F3N2O. The predicted molar refractivity (Wildman–Crippen MR) is 63.6 cm³/mol. The van der Waals surface area contributed by atoms with Crippen LogP contribution in [0.25, 0.3) is 0 Å². The molecule has 2 aliphatic rings. The van der Waals surface area contributed by atoms with Gasteiger partial charge in [-0.25, -0.2) is 4.79 Å². The Kier molecular flexibility index (Phi) is 2.69. The summed E-state index contributed by atoms with van der Waals surface area (Å²) < 4.78 is 37.6. The number of likely N-dealkylation sites (tertiary alicyclic amines) is 1. The van der Waals surface area contributed by atoms with Gasteiger partial charge in [0.15, 0.2) is 0 Å². The summed E-state index contributed by atoms with van der Waals surface area (Å²) in [6.45, 7) is 1.44. The molecule has 1 heterocycles. The number of hydrogen-bond acceptors (Lipinski definition) is 1. The third-order valence-electron chi connectivity index (χ3n) is 3.71. The number of carbonyl (C=O) groups is 1. The number of amides is 2. The second-order valence-corrected chi connectivity index (χ2v) is 5.17. The molecule has 2 unspecified atom stereocenters. The molecule has 0 radical (unpaired) electrons. The maximum Gasteiger partial charge on any atom is 0.416 e. The van der Waals surface area contributed by atoms with Crippen molar-refractivity contribution in [2.24, 2.45) is 11.8 Å². The number of fused-ring (bicyclic) bond motifs is 1. The van der Waals surface area contributed by atoms with Gasteiger partial charge in [-0.05, 0) is 36.5 Å². The highest BCUT2D eigenvalue weighted by Crippen LogP contribution is 2.44. The minimum Gasteiger partial charge on any atom is -0.324 e. The topological polar surface area (TPSA) is 32.3 Å². The zero-order valence-electron chi connectivity index (χ0n) is 10.1. The lowest BCUT2D eigenvalue weighted by atomic mass is 10.2. The van der Waals surface area contributed by atoms with E-state index in [9.17, 15) is 18.0 Å². The number of rotatable bonds is 1. The molecule has 102 valence electrons. The fourth-order valence-corrected chi connectivity index (χ4v) is 2.54. The minimum atomic E-state index is -4.39. The average Bonchev–Trinajstić information content (AvgIpc) is 2.95. The van der Waals surface area contributed by atoms with E-state index in [0.29, 0.717) is 11.8 Å². The van der Waals surface area contributed by atoms with E-state index in [1.54, 1.807) is 4.90 Å². The Morgan fingerprint density at radius 2 is 1.95 bits per heavy atom. The van der Waals surface area contributed by atoms with Crippen LogP contribution in [0.3, 0.4) is 0 Å². The first-order chi connectivity index (χ1) is 8.93. The molecule has 1 aromatic carbocycles. The predicted octanol–water partition coefficient (Wildman–Crippen LogP) is 3.19. The second kappa shape index (κ2) is 4.15. The highest BCUT2D eigenvalue weighted by atomic mass is 19.4. The number of alkyl halides is 3. The first-order valence-electron chi connectivity index (χ1n) is 6.16. The van der Waals surface area contributed by atoms with Crippen LogP contribution in [0, 0.1) is 11.8 Å². The molecule has 1 N–H and O–H groups in total. The van der Waals surface area contributed by atoms with Crippen molar-refractivity contribution in [3.63, 3.8) is 0 Å². The van der Waals surface area contributed by atoms with E-state index >= 15 is 0 Å². The minimum absolute atomic E-state index is 0.181.